The Morgan fingerprint density at radius 1 is 1.29 bits per heavy atom. The first-order valence-electron chi connectivity index (χ1n) is 4.23. The third kappa shape index (κ3) is 1.91. The van der Waals surface area contributed by atoms with Crippen molar-refractivity contribution in [2.45, 2.75) is 19.8 Å². The van der Waals surface area contributed by atoms with Crippen LogP contribution in [0.1, 0.15) is 25.3 Å². The number of aromatic hydroxyl groups is 1. The summed E-state index contributed by atoms with van der Waals surface area (Å²) in [7, 11) is 1.50. The Labute approximate surface area is 93.4 Å². The highest BCUT2D eigenvalue weighted by Crippen LogP contribution is 2.42. The molecule has 78 valence electrons. The van der Waals surface area contributed by atoms with Gasteiger partial charge >= 0.3 is 0 Å². The Bertz CT molecular complexity index is 348. The van der Waals surface area contributed by atoms with E-state index < -0.39 is 0 Å². The molecule has 0 aliphatic rings. The van der Waals surface area contributed by atoms with Gasteiger partial charge in [0.2, 0.25) is 0 Å². The lowest BCUT2D eigenvalue weighted by molar-refractivity contribution is 0.407. The van der Waals surface area contributed by atoms with Crippen LogP contribution < -0.4 is 4.74 Å². The molecule has 0 aromatic heterocycles. The van der Waals surface area contributed by atoms with Gasteiger partial charge in [-0.15, -0.1) is 0 Å². The molecule has 0 radical (unpaired) electrons. The maximum atomic E-state index is 9.51. The minimum atomic E-state index is -0.00313. The van der Waals surface area contributed by atoms with E-state index in [1.807, 2.05) is 13.8 Å². The smallest absolute Gasteiger partial charge is 0.141 e. The van der Waals surface area contributed by atoms with Gasteiger partial charge in [0.15, 0.2) is 0 Å². The SMILES string of the molecule is COc1cc(O)c(Cl)c(C(C)C)c1Cl. The molecule has 0 bridgehead atoms. The van der Waals surface area contributed by atoms with Gasteiger partial charge in [-0.2, -0.15) is 0 Å². The van der Waals surface area contributed by atoms with Crippen LogP contribution >= 0.6 is 23.2 Å². The molecule has 2 nitrogen and oxygen atoms in total. The van der Waals surface area contributed by atoms with Gasteiger partial charge in [-0.25, -0.2) is 0 Å². The van der Waals surface area contributed by atoms with Crippen molar-refractivity contribution in [3.05, 3.63) is 21.7 Å². The van der Waals surface area contributed by atoms with E-state index in [1.165, 1.54) is 13.2 Å². The molecule has 0 atom stereocenters. The molecule has 0 amide bonds. The molecule has 0 saturated carbocycles. The zero-order valence-electron chi connectivity index (χ0n) is 8.27. The van der Waals surface area contributed by atoms with Gasteiger partial charge in [-0.05, 0) is 11.5 Å². The van der Waals surface area contributed by atoms with Crippen LogP contribution in [0.5, 0.6) is 11.5 Å². The lowest BCUT2D eigenvalue weighted by Gasteiger charge is -2.14. The molecule has 0 fully saturated rings. The molecule has 14 heavy (non-hydrogen) atoms. The molecule has 0 aliphatic carbocycles. The fourth-order valence-electron chi connectivity index (χ4n) is 1.27. The molecule has 0 aliphatic heterocycles. The van der Waals surface area contributed by atoms with Crippen LogP contribution in [0, 0.1) is 0 Å². The Balaban J connectivity index is 3.45. The van der Waals surface area contributed by atoms with E-state index in [4.69, 9.17) is 27.9 Å². The van der Waals surface area contributed by atoms with Crippen molar-refractivity contribution in [1.29, 1.82) is 0 Å². The van der Waals surface area contributed by atoms with E-state index in [9.17, 15) is 5.11 Å². The number of benzene rings is 1. The van der Waals surface area contributed by atoms with Crippen LogP contribution in [-0.4, -0.2) is 12.2 Å². The second-order valence-electron chi connectivity index (χ2n) is 3.29. The molecule has 0 saturated heterocycles. The fraction of sp³-hybridized carbons (Fsp3) is 0.400. The zero-order chi connectivity index (χ0) is 10.9. The quantitative estimate of drug-likeness (QED) is 0.843. The third-order valence-electron chi connectivity index (χ3n) is 1.98. The molecule has 0 heterocycles. The summed E-state index contributed by atoms with van der Waals surface area (Å²) in [6.45, 7) is 3.90. The number of hydrogen-bond donors (Lipinski definition) is 1. The molecular formula is C10H12Cl2O2. The lowest BCUT2D eigenvalue weighted by atomic mass is 10.0. The van der Waals surface area contributed by atoms with E-state index in [-0.39, 0.29) is 11.7 Å². The van der Waals surface area contributed by atoms with Crippen molar-refractivity contribution in [2.24, 2.45) is 0 Å². The average Bonchev–Trinajstić information content (AvgIpc) is 2.11. The molecule has 1 rings (SSSR count). The van der Waals surface area contributed by atoms with Crippen LogP contribution in [0.3, 0.4) is 0 Å². The molecule has 1 aromatic carbocycles. The number of phenols is 1. The van der Waals surface area contributed by atoms with Gasteiger partial charge < -0.3 is 9.84 Å². The van der Waals surface area contributed by atoms with Gasteiger partial charge in [0.1, 0.15) is 11.5 Å². The van der Waals surface area contributed by atoms with Crippen molar-refractivity contribution in [2.75, 3.05) is 7.11 Å². The van der Waals surface area contributed by atoms with Crippen LogP contribution in [0.15, 0.2) is 6.07 Å². The Morgan fingerprint density at radius 2 is 1.86 bits per heavy atom. The topological polar surface area (TPSA) is 29.5 Å². The highest BCUT2D eigenvalue weighted by molar-refractivity contribution is 6.37. The summed E-state index contributed by atoms with van der Waals surface area (Å²) in [5.41, 5.74) is 0.713. The predicted molar refractivity (Wildman–Crippen MR) is 58.8 cm³/mol. The van der Waals surface area contributed by atoms with Gasteiger partial charge in [0.05, 0.1) is 17.2 Å². The fourth-order valence-corrected chi connectivity index (χ4v) is 2.13. The molecular weight excluding hydrogens is 223 g/mol. The van der Waals surface area contributed by atoms with Gasteiger partial charge in [0, 0.05) is 6.07 Å². The number of phenolic OH excluding ortho intramolecular Hbond substituents is 1. The van der Waals surface area contributed by atoms with Crippen molar-refractivity contribution in [3.8, 4) is 11.5 Å². The van der Waals surface area contributed by atoms with Crippen LogP contribution in [0.25, 0.3) is 0 Å². The van der Waals surface area contributed by atoms with Gasteiger partial charge in [-0.1, -0.05) is 37.0 Å². The maximum absolute atomic E-state index is 9.51. The molecule has 0 spiro atoms. The first-order chi connectivity index (χ1) is 6.49. The second-order valence-corrected chi connectivity index (χ2v) is 4.05. The number of ether oxygens (including phenoxy) is 1. The van der Waals surface area contributed by atoms with Crippen molar-refractivity contribution in [1.82, 2.24) is 0 Å². The summed E-state index contributed by atoms with van der Waals surface area (Å²) in [4.78, 5) is 0. The minimum absolute atomic E-state index is 0.00313. The maximum Gasteiger partial charge on any atom is 0.141 e. The normalized spacial score (nSPS) is 10.7. The van der Waals surface area contributed by atoms with Crippen molar-refractivity contribution in [3.63, 3.8) is 0 Å². The van der Waals surface area contributed by atoms with Crippen LogP contribution in [-0.2, 0) is 0 Å². The highest BCUT2D eigenvalue weighted by atomic mass is 35.5. The second kappa shape index (κ2) is 4.28. The third-order valence-corrected chi connectivity index (χ3v) is 2.77. The van der Waals surface area contributed by atoms with E-state index >= 15 is 0 Å². The largest absolute Gasteiger partial charge is 0.506 e. The standard InChI is InChI=1S/C10H12Cl2O2/c1-5(2)8-9(11)6(13)4-7(14-3)10(8)12/h4-5,13H,1-3H3. The van der Waals surface area contributed by atoms with Gasteiger partial charge in [-0.3, -0.25) is 0 Å². The Kier molecular flexibility index (Phi) is 3.51. The molecule has 1 N–H and O–H groups in total. The average molecular weight is 235 g/mol. The van der Waals surface area contributed by atoms with E-state index in [0.29, 0.717) is 21.4 Å². The van der Waals surface area contributed by atoms with Crippen molar-refractivity contribution < 1.29 is 9.84 Å². The summed E-state index contributed by atoms with van der Waals surface area (Å²) in [5, 5.41) is 10.3. The first kappa shape index (κ1) is 11.5. The number of halogens is 2. The van der Waals surface area contributed by atoms with Gasteiger partial charge in [0.25, 0.3) is 0 Å². The summed E-state index contributed by atoms with van der Waals surface area (Å²) in [6.07, 6.45) is 0. The first-order valence-corrected chi connectivity index (χ1v) is 4.99. The number of hydrogen-bond acceptors (Lipinski definition) is 2. The molecule has 0 unspecified atom stereocenters. The molecule has 4 heteroatoms. The summed E-state index contributed by atoms with van der Waals surface area (Å²) in [6, 6.07) is 1.41. The van der Waals surface area contributed by atoms with E-state index in [1.54, 1.807) is 0 Å². The summed E-state index contributed by atoms with van der Waals surface area (Å²) >= 11 is 12.0. The number of methoxy groups -OCH3 is 1. The molecule has 1 aromatic rings. The minimum Gasteiger partial charge on any atom is -0.506 e. The monoisotopic (exact) mass is 234 g/mol. The summed E-state index contributed by atoms with van der Waals surface area (Å²) in [5.74, 6) is 0.574. The van der Waals surface area contributed by atoms with Crippen molar-refractivity contribution >= 4 is 23.2 Å². The Morgan fingerprint density at radius 3 is 2.29 bits per heavy atom. The highest BCUT2D eigenvalue weighted by Gasteiger charge is 2.17. The lowest BCUT2D eigenvalue weighted by Crippen LogP contribution is -1.94. The Hall–Kier alpha value is -0.600. The van der Waals surface area contributed by atoms with Crippen LogP contribution in [0.2, 0.25) is 10.0 Å². The van der Waals surface area contributed by atoms with E-state index in [0.717, 1.165) is 0 Å². The van der Waals surface area contributed by atoms with Crippen LogP contribution in [0.4, 0.5) is 0 Å². The zero-order valence-corrected chi connectivity index (χ0v) is 9.78. The number of rotatable bonds is 2. The van der Waals surface area contributed by atoms with E-state index in [2.05, 4.69) is 0 Å². The predicted octanol–water partition coefficient (Wildman–Crippen LogP) is 3.83. The summed E-state index contributed by atoms with van der Waals surface area (Å²) < 4.78 is 5.02.